The van der Waals surface area contributed by atoms with Crippen LogP contribution in [0.1, 0.15) is 15.2 Å². The van der Waals surface area contributed by atoms with E-state index in [1.54, 1.807) is 69.6 Å². The van der Waals surface area contributed by atoms with Crippen LogP contribution in [0.25, 0.3) is 15.9 Å². The predicted molar refractivity (Wildman–Crippen MR) is 141 cm³/mol. The van der Waals surface area contributed by atoms with Crippen molar-refractivity contribution in [2.24, 2.45) is 0 Å². The van der Waals surface area contributed by atoms with Crippen LogP contribution in [0.2, 0.25) is 5.02 Å². The quantitative estimate of drug-likeness (QED) is 0.414. The summed E-state index contributed by atoms with van der Waals surface area (Å²) < 4.78 is 7.39. The average Bonchev–Trinajstić information content (AvgIpc) is 3.19. The van der Waals surface area contributed by atoms with Gasteiger partial charge in [-0.25, -0.2) is 9.36 Å². The molecule has 0 aliphatic rings. The summed E-state index contributed by atoms with van der Waals surface area (Å²) in [5, 5.41) is 3.39. The number of amides is 2. The molecule has 4 rings (SSSR count). The number of nitrogens with one attached hydrogen (secondary N) is 1. The molecule has 186 valence electrons. The number of aryl methyl sites for hydroxylation is 1. The number of hydrogen-bond donors (Lipinski definition) is 1. The highest BCUT2D eigenvalue weighted by molar-refractivity contribution is 7.20. The van der Waals surface area contributed by atoms with Crippen molar-refractivity contribution in [2.45, 2.75) is 13.5 Å². The lowest BCUT2D eigenvalue weighted by atomic mass is 10.2. The number of rotatable bonds is 6. The van der Waals surface area contributed by atoms with E-state index in [0.717, 1.165) is 15.9 Å². The molecular weight excluding hydrogens is 504 g/mol. The fourth-order valence-electron chi connectivity index (χ4n) is 3.76. The van der Waals surface area contributed by atoms with Crippen LogP contribution in [0.5, 0.6) is 5.75 Å². The molecule has 0 bridgehead atoms. The van der Waals surface area contributed by atoms with Gasteiger partial charge in [-0.1, -0.05) is 17.7 Å². The molecule has 2 amide bonds. The molecule has 9 nitrogen and oxygen atoms in total. The maximum Gasteiger partial charge on any atom is 0.337 e. The number of thiophene rings is 1. The first kappa shape index (κ1) is 25.2. The van der Waals surface area contributed by atoms with Crippen molar-refractivity contribution in [1.29, 1.82) is 0 Å². The largest absolute Gasteiger partial charge is 0.497 e. The summed E-state index contributed by atoms with van der Waals surface area (Å²) in [5.74, 6) is -0.227. The van der Waals surface area contributed by atoms with Gasteiger partial charge in [-0.2, -0.15) is 0 Å². The van der Waals surface area contributed by atoms with E-state index in [4.69, 9.17) is 16.3 Å². The zero-order valence-electron chi connectivity index (χ0n) is 20.0. The molecular formula is C25H23ClN4O5S. The van der Waals surface area contributed by atoms with Crippen LogP contribution in [-0.4, -0.2) is 47.1 Å². The molecule has 1 N–H and O–H groups in total. The number of halogens is 1. The summed E-state index contributed by atoms with van der Waals surface area (Å²) in [5.41, 5.74) is -0.0535. The van der Waals surface area contributed by atoms with Gasteiger partial charge in [0.15, 0.2) is 0 Å². The second kappa shape index (κ2) is 10.00. The number of anilines is 1. The summed E-state index contributed by atoms with van der Waals surface area (Å²) >= 11 is 7.01. The average molecular weight is 527 g/mol. The van der Waals surface area contributed by atoms with Gasteiger partial charge in [0, 0.05) is 30.9 Å². The molecule has 0 unspecified atom stereocenters. The summed E-state index contributed by atoms with van der Waals surface area (Å²) in [6.07, 6.45) is 0. The third-order valence-corrected chi connectivity index (χ3v) is 7.11. The Hall–Kier alpha value is -3.89. The van der Waals surface area contributed by atoms with Crippen molar-refractivity contribution in [3.05, 3.63) is 84.8 Å². The third-order valence-electron chi connectivity index (χ3n) is 5.55. The summed E-state index contributed by atoms with van der Waals surface area (Å²) in [4.78, 5) is 54.9. The summed E-state index contributed by atoms with van der Waals surface area (Å²) in [6.45, 7) is 1.28. The van der Waals surface area contributed by atoms with Gasteiger partial charge < -0.3 is 15.0 Å². The van der Waals surface area contributed by atoms with E-state index in [1.165, 1.54) is 16.6 Å². The van der Waals surface area contributed by atoms with Crippen LogP contribution >= 0.6 is 22.9 Å². The lowest BCUT2D eigenvalue weighted by molar-refractivity contribution is -0.116. The number of benzene rings is 2. The topological polar surface area (TPSA) is 103 Å². The smallest absolute Gasteiger partial charge is 0.337 e. The van der Waals surface area contributed by atoms with Gasteiger partial charge in [0.05, 0.1) is 23.1 Å². The van der Waals surface area contributed by atoms with Gasteiger partial charge in [-0.3, -0.25) is 19.0 Å². The molecule has 2 aromatic carbocycles. The molecule has 2 aromatic heterocycles. The molecule has 0 atom stereocenters. The first-order valence-corrected chi connectivity index (χ1v) is 12.0. The Morgan fingerprint density at radius 2 is 1.81 bits per heavy atom. The van der Waals surface area contributed by atoms with E-state index < -0.39 is 17.2 Å². The zero-order chi connectivity index (χ0) is 26.1. The van der Waals surface area contributed by atoms with Gasteiger partial charge >= 0.3 is 5.69 Å². The van der Waals surface area contributed by atoms with Gasteiger partial charge in [0.2, 0.25) is 5.91 Å². The van der Waals surface area contributed by atoms with Crippen molar-refractivity contribution in [2.75, 3.05) is 26.5 Å². The van der Waals surface area contributed by atoms with E-state index in [9.17, 15) is 19.2 Å². The first-order valence-electron chi connectivity index (χ1n) is 10.8. The van der Waals surface area contributed by atoms with Crippen LogP contribution in [-0.2, 0) is 11.3 Å². The zero-order valence-corrected chi connectivity index (χ0v) is 21.6. The number of hydrogen-bond acceptors (Lipinski definition) is 6. The normalized spacial score (nSPS) is 10.9. The molecule has 4 aromatic rings. The maximum absolute atomic E-state index is 13.6. The highest BCUT2D eigenvalue weighted by Gasteiger charge is 2.25. The van der Waals surface area contributed by atoms with E-state index in [2.05, 4.69) is 5.32 Å². The van der Waals surface area contributed by atoms with Crippen LogP contribution in [0.3, 0.4) is 0 Å². The molecule has 0 spiro atoms. The Morgan fingerprint density at radius 3 is 2.44 bits per heavy atom. The lowest BCUT2D eigenvalue weighted by Gasteiger charge is -2.13. The van der Waals surface area contributed by atoms with Gasteiger partial charge in [-0.05, 0) is 48.9 Å². The number of aromatic nitrogens is 2. The highest BCUT2D eigenvalue weighted by Crippen LogP contribution is 2.29. The Bertz CT molecular complexity index is 1600. The molecule has 11 heteroatoms. The van der Waals surface area contributed by atoms with Crippen molar-refractivity contribution < 1.29 is 14.3 Å². The molecule has 0 radical (unpaired) electrons. The van der Waals surface area contributed by atoms with Crippen LogP contribution in [0.4, 0.5) is 5.69 Å². The highest BCUT2D eigenvalue weighted by atomic mass is 35.5. The van der Waals surface area contributed by atoms with E-state index in [0.29, 0.717) is 32.6 Å². The van der Waals surface area contributed by atoms with Gasteiger partial charge in [0.25, 0.3) is 11.5 Å². The van der Waals surface area contributed by atoms with Crippen molar-refractivity contribution in [1.82, 2.24) is 14.0 Å². The minimum atomic E-state index is -0.708. The molecule has 36 heavy (non-hydrogen) atoms. The Kier molecular flexibility index (Phi) is 7.00. The fraction of sp³-hybridized carbons (Fsp3) is 0.200. The summed E-state index contributed by atoms with van der Waals surface area (Å²) in [7, 11) is 4.72. The monoisotopic (exact) mass is 526 g/mol. The lowest BCUT2D eigenvalue weighted by Crippen LogP contribution is -2.40. The molecule has 0 saturated heterocycles. The first-order chi connectivity index (χ1) is 17.1. The van der Waals surface area contributed by atoms with E-state index in [-0.39, 0.29) is 22.7 Å². The maximum atomic E-state index is 13.6. The molecule has 0 aliphatic carbocycles. The van der Waals surface area contributed by atoms with Crippen molar-refractivity contribution in [3.8, 4) is 11.4 Å². The van der Waals surface area contributed by atoms with Crippen LogP contribution in [0.15, 0.2) is 58.1 Å². The third kappa shape index (κ3) is 4.65. The van der Waals surface area contributed by atoms with E-state index in [1.807, 2.05) is 0 Å². The number of carbonyl (C=O) groups excluding carboxylic acids is 2. The molecule has 0 saturated carbocycles. The number of ether oxygens (including phenoxy) is 1. The number of nitrogens with zero attached hydrogens (tertiary/aromatic N) is 3. The number of carbonyl (C=O) groups is 2. The molecule has 2 heterocycles. The predicted octanol–water partition coefficient (Wildman–Crippen LogP) is 3.52. The second-order valence-electron chi connectivity index (χ2n) is 8.20. The Labute approximate surface area is 215 Å². The number of fused-ring (bicyclic) bond motifs is 1. The van der Waals surface area contributed by atoms with Crippen LogP contribution in [0, 0.1) is 6.92 Å². The number of methoxy groups -OCH3 is 1. The molecule has 0 fully saturated rings. The van der Waals surface area contributed by atoms with Crippen molar-refractivity contribution >= 4 is 50.7 Å². The van der Waals surface area contributed by atoms with Crippen LogP contribution < -0.4 is 21.3 Å². The minimum absolute atomic E-state index is 0.203. The Morgan fingerprint density at radius 1 is 1.11 bits per heavy atom. The molecule has 0 aliphatic heterocycles. The fourth-order valence-corrected chi connectivity index (χ4v) is 5.20. The van der Waals surface area contributed by atoms with E-state index >= 15 is 0 Å². The summed E-state index contributed by atoms with van der Waals surface area (Å²) in [6, 6.07) is 13.0. The van der Waals surface area contributed by atoms with Gasteiger partial charge in [0.1, 0.15) is 17.1 Å². The SMILES string of the molecule is COc1cccc(NC(=O)Cn2c(=O)n(-c3ccc(Cl)cc3)c(=O)c3c(C)c(C(=O)N(C)C)sc32)c1. The standard InChI is InChI=1S/C25H23ClN4O5S/c1-14-20-22(32)30(17-10-8-15(26)9-11-17)25(34)29(24(20)36-21(14)23(33)28(2)3)13-19(31)27-16-6-5-7-18(12-16)35-4/h5-12H,13H2,1-4H3,(H,27,31). The minimum Gasteiger partial charge on any atom is -0.497 e. The second-order valence-corrected chi connectivity index (χ2v) is 9.64. The van der Waals surface area contributed by atoms with Crippen molar-refractivity contribution in [3.63, 3.8) is 0 Å². The van der Waals surface area contributed by atoms with Gasteiger partial charge in [-0.15, -0.1) is 11.3 Å². The Balaban J connectivity index is 1.90.